The predicted octanol–water partition coefficient (Wildman–Crippen LogP) is 1.27. The van der Waals surface area contributed by atoms with Crippen LogP contribution in [0.2, 0.25) is 0 Å². The van der Waals surface area contributed by atoms with E-state index in [4.69, 9.17) is 23.7 Å². The van der Waals surface area contributed by atoms with Gasteiger partial charge in [0.25, 0.3) is 0 Å². The number of carbonyl (C=O) groups excluding carboxylic acids is 1. The normalized spacial score (nSPS) is 11.9. The van der Waals surface area contributed by atoms with Gasteiger partial charge in [0.05, 0.1) is 45.1 Å². The zero-order valence-corrected chi connectivity index (χ0v) is 13.3. The van der Waals surface area contributed by atoms with Crippen LogP contribution in [0.5, 0.6) is 0 Å². The Morgan fingerprint density at radius 1 is 0.900 bits per heavy atom. The van der Waals surface area contributed by atoms with Gasteiger partial charge in [-0.2, -0.15) is 0 Å². The third-order valence-corrected chi connectivity index (χ3v) is 2.36. The number of hydrogen-bond donors (Lipinski definition) is 0. The molecule has 0 rings (SSSR count). The van der Waals surface area contributed by atoms with E-state index in [9.17, 15) is 4.79 Å². The first-order valence-electron chi connectivity index (χ1n) is 6.76. The SMILES string of the molecule is COCCOCC(COCCOC)OC(=O)C(C)(C)C. The van der Waals surface area contributed by atoms with Crippen LogP contribution >= 0.6 is 0 Å². The molecule has 6 heteroatoms. The van der Waals surface area contributed by atoms with Gasteiger partial charge in [-0.1, -0.05) is 0 Å². The van der Waals surface area contributed by atoms with Crippen LogP contribution in [-0.2, 0) is 28.5 Å². The van der Waals surface area contributed by atoms with E-state index in [0.29, 0.717) is 26.4 Å². The summed E-state index contributed by atoms with van der Waals surface area (Å²) in [5, 5.41) is 0. The molecule has 0 heterocycles. The monoisotopic (exact) mass is 292 g/mol. The lowest BCUT2D eigenvalue weighted by Gasteiger charge is -2.23. The lowest BCUT2D eigenvalue weighted by atomic mass is 9.97. The lowest BCUT2D eigenvalue weighted by Crippen LogP contribution is -2.34. The Hall–Kier alpha value is -0.690. The number of rotatable bonds is 11. The van der Waals surface area contributed by atoms with Gasteiger partial charge in [-0.3, -0.25) is 4.79 Å². The van der Waals surface area contributed by atoms with Gasteiger partial charge in [0.15, 0.2) is 0 Å². The molecule has 0 bridgehead atoms. The van der Waals surface area contributed by atoms with Crippen LogP contribution in [-0.4, -0.2) is 65.9 Å². The lowest BCUT2D eigenvalue weighted by molar-refractivity contribution is -0.166. The van der Waals surface area contributed by atoms with Crippen molar-refractivity contribution in [3.8, 4) is 0 Å². The van der Waals surface area contributed by atoms with Crippen LogP contribution in [0.15, 0.2) is 0 Å². The van der Waals surface area contributed by atoms with E-state index in [1.165, 1.54) is 0 Å². The van der Waals surface area contributed by atoms with Gasteiger partial charge >= 0.3 is 5.97 Å². The number of methoxy groups -OCH3 is 2. The molecule has 0 fully saturated rings. The van der Waals surface area contributed by atoms with Crippen molar-refractivity contribution in [3.05, 3.63) is 0 Å². The van der Waals surface area contributed by atoms with E-state index in [-0.39, 0.29) is 19.2 Å². The maximum Gasteiger partial charge on any atom is 0.311 e. The van der Waals surface area contributed by atoms with Crippen molar-refractivity contribution < 1.29 is 28.5 Å². The summed E-state index contributed by atoms with van der Waals surface area (Å²) in [6.45, 7) is 7.93. The second-order valence-corrected chi connectivity index (χ2v) is 5.41. The quantitative estimate of drug-likeness (QED) is 0.422. The Morgan fingerprint density at radius 3 is 1.70 bits per heavy atom. The molecule has 0 aromatic carbocycles. The molecule has 6 nitrogen and oxygen atoms in total. The Bertz CT molecular complexity index is 237. The Labute approximate surface area is 121 Å². The van der Waals surface area contributed by atoms with Crippen molar-refractivity contribution in [1.29, 1.82) is 0 Å². The number of ether oxygens (including phenoxy) is 5. The van der Waals surface area contributed by atoms with Crippen LogP contribution in [0.4, 0.5) is 0 Å². The summed E-state index contributed by atoms with van der Waals surface area (Å²) in [4.78, 5) is 11.9. The molecule has 0 amide bonds. The first-order valence-corrected chi connectivity index (χ1v) is 6.76. The minimum atomic E-state index is -0.544. The second kappa shape index (κ2) is 11.0. The van der Waals surface area contributed by atoms with E-state index in [2.05, 4.69) is 0 Å². The van der Waals surface area contributed by atoms with Crippen LogP contribution in [0.1, 0.15) is 20.8 Å². The van der Waals surface area contributed by atoms with Crippen molar-refractivity contribution in [2.24, 2.45) is 5.41 Å². The summed E-state index contributed by atoms with van der Waals surface area (Å²) in [5.74, 6) is -0.270. The molecule has 0 saturated carbocycles. The van der Waals surface area contributed by atoms with Crippen molar-refractivity contribution in [2.45, 2.75) is 26.9 Å². The fourth-order valence-corrected chi connectivity index (χ4v) is 1.16. The van der Waals surface area contributed by atoms with Gasteiger partial charge in [-0.05, 0) is 20.8 Å². The van der Waals surface area contributed by atoms with Crippen LogP contribution in [0.25, 0.3) is 0 Å². The highest BCUT2D eigenvalue weighted by molar-refractivity contribution is 5.75. The van der Waals surface area contributed by atoms with Crippen molar-refractivity contribution in [1.82, 2.24) is 0 Å². The summed E-state index contributed by atoms with van der Waals surface area (Å²) in [7, 11) is 3.21. The number of esters is 1. The number of carbonyl (C=O) groups is 1. The molecule has 0 atom stereocenters. The van der Waals surface area contributed by atoms with Gasteiger partial charge in [0.1, 0.15) is 6.10 Å². The molecule has 120 valence electrons. The molecule has 0 unspecified atom stereocenters. The Balaban J connectivity index is 4.13. The van der Waals surface area contributed by atoms with Gasteiger partial charge in [0, 0.05) is 14.2 Å². The van der Waals surface area contributed by atoms with E-state index in [1.54, 1.807) is 14.2 Å². The molecule has 0 radical (unpaired) electrons. The summed E-state index contributed by atoms with van der Waals surface area (Å²) < 4.78 is 26.0. The maximum atomic E-state index is 11.9. The number of hydrogen-bond acceptors (Lipinski definition) is 6. The van der Waals surface area contributed by atoms with Gasteiger partial charge in [-0.25, -0.2) is 0 Å². The fourth-order valence-electron chi connectivity index (χ4n) is 1.16. The smallest absolute Gasteiger partial charge is 0.311 e. The first-order chi connectivity index (χ1) is 9.41. The summed E-state index contributed by atoms with van der Waals surface area (Å²) in [5.41, 5.74) is -0.544. The molecular formula is C14H28O6. The van der Waals surface area contributed by atoms with Gasteiger partial charge in [0.2, 0.25) is 0 Å². The highest BCUT2D eigenvalue weighted by Crippen LogP contribution is 2.16. The van der Waals surface area contributed by atoms with Crippen LogP contribution < -0.4 is 0 Å². The zero-order valence-electron chi connectivity index (χ0n) is 13.3. The van der Waals surface area contributed by atoms with Gasteiger partial charge in [-0.15, -0.1) is 0 Å². The summed E-state index contributed by atoms with van der Waals surface area (Å²) >= 11 is 0. The average Bonchev–Trinajstić information content (AvgIpc) is 2.38. The minimum Gasteiger partial charge on any atom is -0.457 e. The fraction of sp³-hybridized carbons (Fsp3) is 0.929. The van der Waals surface area contributed by atoms with Crippen molar-refractivity contribution in [3.63, 3.8) is 0 Å². The summed E-state index contributed by atoms with van der Waals surface area (Å²) in [6, 6.07) is 0. The largest absolute Gasteiger partial charge is 0.457 e. The zero-order chi connectivity index (χ0) is 15.4. The third kappa shape index (κ3) is 10.1. The van der Waals surface area contributed by atoms with E-state index >= 15 is 0 Å². The third-order valence-electron chi connectivity index (χ3n) is 2.36. The molecule has 0 aliphatic heterocycles. The molecule has 0 spiro atoms. The van der Waals surface area contributed by atoms with Crippen LogP contribution in [0.3, 0.4) is 0 Å². The molecule has 0 saturated heterocycles. The summed E-state index contributed by atoms with van der Waals surface area (Å²) in [6.07, 6.45) is -0.421. The highest BCUT2D eigenvalue weighted by atomic mass is 16.6. The standard InChI is InChI=1S/C14H28O6/c1-14(2,3)13(15)20-12(10-18-8-6-16-4)11-19-9-7-17-5/h12H,6-11H2,1-5H3. The van der Waals surface area contributed by atoms with E-state index in [1.807, 2.05) is 20.8 Å². The van der Waals surface area contributed by atoms with Crippen LogP contribution in [0, 0.1) is 5.41 Å². The van der Waals surface area contributed by atoms with E-state index in [0.717, 1.165) is 0 Å². The highest BCUT2D eigenvalue weighted by Gasteiger charge is 2.26. The molecule has 0 aromatic heterocycles. The van der Waals surface area contributed by atoms with Crippen molar-refractivity contribution >= 4 is 5.97 Å². The Morgan fingerprint density at radius 2 is 1.35 bits per heavy atom. The molecular weight excluding hydrogens is 264 g/mol. The maximum absolute atomic E-state index is 11.9. The topological polar surface area (TPSA) is 63.2 Å². The molecule has 0 aromatic rings. The Kier molecular flexibility index (Phi) is 10.6. The molecule has 0 aliphatic rings. The van der Waals surface area contributed by atoms with Gasteiger partial charge < -0.3 is 23.7 Å². The van der Waals surface area contributed by atoms with Crippen molar-refractivity contribution in [2.75, 3.05) is 53.9 Å². The molecule has 0 aliphatic carbocycles. The first kappa shape index (κ1) is 19.3. The molecule has 20 heavy (non-hydrogen) atoms. The average molecular weight is 292 g/mol. The molecule has 0 N–H and O–H groups in total. The predicted molar refractivity (Wildman–Crippen MR) is 74.7 cm³/mol. The minimum absolute atomic E-state index is 0.270. The second-order valence-electron chi connectivity index (χ2n) is 5.41. The van der Waals surface area contributed by atoms with E-state index < -0.39 is 11.5 Å².